The molecular weight excluding hydrogens is 271 g/mol. The molecule has 0 amide bonds. The maximum Gasteiger partial charge on any atom is 0.197 e. The molecule has 0 radical (unpaired) electrons. The Kier molecular flexibility index (Phi) is 1.79. The van der Waals surface area contributed by atoms with Crippen molar-refractivity contribution in [3.05, 3.63) is 9.77 Å². The molecule has 7 heteroatoms. The summed E-state index contributed by atoms with van der Waals surface area (Å²) in [4.78, 5) is 0. The number of tetrazole rings is 1. The van der Waals surface area contributed by atoms with E-state index in [2.05, 4.69) is 48.3 Å². The highest BCUT2D eigenvalue weighted by Crippen LogP contribution is 2.14. The molecule has 1 N–H and O–H groups in total. The number of halogens is 1. The Labute approximate surface area is 81.5 Å². The van der Waals surface area contributed by atoms with Gasteiger partial charge in [0.05, 0.1) is 0 Å². The van der Waals surface area contributed by atoms with Crippen LogP contribution < -0.4 is 0 Å². The highest BCUT2D eigenvalue weighted by atomic mass is 127. The van der Waals surface area contributed by atoms with Crippen LogP contribution in [0.2, 0.25) is 0 Å². The first-order valence-electron chi connectivity index (χ1n) is 3.21. The monoisotopic (exact) mass is 276 g/mol. The molecule has 0 atom stereocenters. The lowest BCUT2D eigenvalue weighted by Crippen LogP contribution is -1.94. The Balaban J connectivity index is 2.54. The maximum atomic E-state index is 4.15. The molecule has 0 aliphatic rings. The van der Waals surface area contributed by atoms with Crippen LogP contribution in [0.1, 0.15) is 0 Å². The second kappa shape index (κ2) is 2.81. The minimum absolute atomic E-state index is 0.632. The van der Waals surface area contributed by atoms with E-state index in [1.807, 2.05) is 13.1 Å². The Morgan fingerprint density at radius 3 is 2.92 bits per heavy atom. The van der Waals surface area contributed by atoms with Crippen molar-refractivity contribution < 1.29 is 0 Å². The number of rotatable bonds is 1. The molecule has 0 bridgehead atoms. The number of nitrogens with zero attached hydrogens (tertiary/aromatic N) is 5. The van der Waals surface area contributed by atoms with E-state index in [4.69, 9.17) is 0 Å². The third-order valence-corrected chi connectivity index (χ3v) is 1.97. The van der Waals surface area contributed by atoms with Crippen LogP contribution in [0.25, 0.3) is 11.5 Å². The summed E-state index contributed by atoms with van der Waals surface area (Å²) in [6, 6.07) is 1.91. The summed E-state index contributed by atoms with van der Waals surface area (Å²) in [5, 5.41) is 17.6. The van der Waals surface area contributed by atoms with Crippen LogP contribution >= 0.6 is 22.6 Å². The van der Waals surface area contributed by atoms with E-state index < -0.39 is 0 Å². The minimum Gasteiger partial charge on any atom is -0.264 e. The fraction of sp³-hybridized carbons (Fsp3) is 0.200. The van der Waals surface area contributed by atoms with Gasteiger partial charge in [-0.1, -0.05) is 0 Å². The van der Waals surface area contributed by atoms with Crippen molar-refractivity contribution in [2.45, 2.75) is 0 Å². The van der Waals surface area contributed by atoms with Crippen molar-refractivity contribution in [1.82, 2.24) is 30.4 Å². The molecule has 6 nitrogen and oxygen atoms in total. The van der Waals surface area contributed by atoms with Crippen molar-refractivity contribution in [2.75, 3.05) is 0 Å². The van der Waals surface area contributed by atoms with E-state index >= 15 is 0 Å². The molecule has 2 aromatic heterocycles. The summed E-state index contributed by atoms with van der Waals surface area (Å²) in [5.74, 6) is 0.632. The Bertz CT molecular complexity index is 377. The molecule has 0 aliphatic carbocycles. The topological polar surface area (TPSA) is 72.3 Å². The summed E-state index contributed by atoms with van der Waals surface area (Å²) in [6.45, 7) is 0. The van der Waals surface area contributed by atoms with Crippen LogP contribution in [0, 0.1) is 3.70 Å². The largest absolute Gasteiger partial charge is 0.264 e. The molecule has 62 valence electrons. The van der Waals surface area contributed by atoms with Gasteiger partial charge in [-0.2, -0.15) is 5.10 Å². The molecule has 0 fully saturated rings. The van der Waals surface area contributed by atoms with Crippen LogP contribution in [0.15, 0.2) is 6.07 Å². The van der Waals surface area contributed by atoms with Crippen molar-refractivity contribution in [1.29, 1.82) is 0 Å². The lowest BCUT2D eigenvalue weighted by Gasteiger charge is -1.92. The van der Waals surface area contributed by atoms with E-state index in [1.54, 1.807) is 4.68 Å². The van der Waals surface area contributed by atoms with E-state index in [-0.39, 0.29) is 0 Å². The molecule has 2 heterocycles. The molecule has 0 unspecified atom stereocenters. The first-order chi connectivity index (χ1) is 5.77. The Morgan fingerprint density at radius 2 is 2.42 bits per heavy atom. The molecule has 0 spiro atoms. The summed E-state index contributed by atoms with van der Waals surface area (Å²) in [5.41, 5.74) is 0.879. The maximum absolute atomic E-state index is 4.15. The van der Waals surface area contributed by atoms with Gasteiger partial charge in [-0.05, 0) is 33.0 Å². The fourth-order valence-corrected chi connectivity index (χ4v) is 1.54. The molecule has 0 aliphatic heterocycles. The molecular formula is C5H5IN6. The first kappa shape index (κ1) is 7.65. The zero-order chi connectivity index (χ0) is 8.55. The number of hydrogen-bond acceptors (Lipinski definition) is 4. The van der Waals surface area contributed by atoms with Gasteiger partial charge < -0.3 is 0 Å². The predicted octanol–water partition coefficient (Wildman–Crippen LogP) is 0.205. The number of aromatic amines is 1. The van der Waals surface area contributed by atoms with Gasteiger partial charge in [0, 0.05) is 13.1 Å². The van der Waals surface area contributed by atoms with Gasteiger partial charge in [-0.25, -0.2) is 5.10 Å². The van der Waals surface area contributed by atoms with Gasteiger partial charge in [-0.15, -0.1) is 5.10 Å². The standard InChI is InChI=1S/C5H5IN6/c1-12-3(2-4(6)9-12)5-7-10-11-8-5/h2H,1H3,(H,7,8,10,11). The normalized spacial score (nSPS) is 10.5. The van der Waals surface area contributed by atoms with E-state index in [9.17, 15) is 0 Å². The smallest absolute Gasteiger partial charge is 0.197 e. The quantitative estimate of drug-likeness (QED) is 0.755. The van der Waals surface area contributed by atoms with Crippen molar-refractivity contribution in [3.63, 3.8) is 0 Å². The summed E-state index contributed by atoms with van der Waals surface area (Å²) < 4.78 is 2.64. The lowest BCUT2D eigenvalue weighted by atomic mass is 10.4. The number of aryl methyl sites for hydroxylation is 1. The average Bonchev–Trinajstić information content (AvgIpc) is 2.58. The van der Waals surface area contributed by atoms with Gasteiger partial charge >= 0.3 is 0 Å². The van der Waals surface area contributed by atoms with Gasteiger partial charge in [0.25, 0.3) is 0 Å². The van der Waals surface area contributed by atoms with Crippen molar-refractivity contribution in [2.24, 2.45) is 7.05 Å². The molecule has 0 saturated carbocycles. The first-order valence-corrected chi connectivity index (χ1v) is 4.29. The number of nitrogens with one attached hydrogen (secondary N) is 1. The molecule has 2 aromatic rings. The third kappa shape index (κ3) is 1.19. The summed E-state index contributed by atoms with van der Waals surface area (Å²) in [7, 11) is 1.85. The zero-order valence-electron chi connectivity index (χ0n) is 6.19. The van der Waals surface area contributed by atoms with Crippen LogP contribution in [-0.4, -0.2) is 30.4 Å². The molecule has 12 heavy (non-hydrogen) atoms. The average molecular weight is 276 g/mol. The second-order valence-electron chi connectivity index (χ2n) is 2.23. The highest BCUT2D eigenvalue weighted by Gasteiger charge is 2.07. The predicted molar refractivity (Wildman–Crippen MR) is 49.1 cm³/mol. The van der Waals surface area contributed by atoms with Crippen LogP contribution in [0.5, 0.6) is 0 Å². The summed E-state index contributed by atoms with van der Waals surface area (Å²) >= 11 is 2.14. The number of aromatic nitrogens is 6. The SMILES string of the molecule is Cn1nc(I)cc1-c1nnn[nH]1. The van der Waals surface area contributed by atoms with Crippen LogP contribution in [-0.2, 0) is 7.05 Å². The van der Waals surface area contributed by atoms with Crippen LogP contribution in [0.3, 0.4) is 0 Å². The molecule has 0 aromatic carbocycles. The summed E-state index contributed by atoms with van der Waals surface area (Å²) in [6.07, 6.45) is 0. The molecule has 0 saturated heterocycles. The van der Waals surface area contributed by atoms with E-state index in [1.165, 1.54) is 0 Å². The zero-order valence-corrected chi connectivity index (χ0v) is 8.35. The Hall–Kier alpha value is -0.990. The van der Waals surface area contributed by atoms with E-state index in [0.717, 1.165) is 9.39 Å². The highest BCUT2D eigenvalue weighted by molar-refractivity contribution is 14.1. The Morgan fingerprint density at radius 1 is 1.58 bits per heavy atom. The van der Waals surface area contributed by atoms with Gasteiger partial charge in [-0.3, -0.25) is 4.68 Å². The van der Waals surface area contributed by atoms with Gasteiger partial charge in [0.1, 0.15) is 9.39 Å². The number of hydrogen-bond donors (Lipinski definition) is 1. The van der Waals surface area contributed by atoms with E-state index in [0.29, 0.717) is 5.82 Å². The third-order valence-electron chi connectivity index (χ3n) is 1.44. The second-order valence-corrected chi connectivity index (χ2v) is 3.33. The van der Waals surface area contributed by atoms with Crippen molar-refractivity contribution >= 4 is 22.6 Å². The minimum atomic E-state index is 0.632. The van der Waals surface area contributed by atoms with Crippen LogP contribution in [0.4, 0.5) is 0 Å². The van der Waals surface area contributed by atoms with Gasteiger partial charge in [0.15, 0.2) is 5.82 Å². The molecule has 2 rings (SSSR count). The number of H-pyrrole nitrogens is 1. The van der Waals surface area contributed by atoms with Crippen molar-refractivity contribution in [3.8, 4) is 11.5 Å². The lowest BCUT2D eigenvalue weighted by molar-refractivity contribution is 0.762. The van der Waals surface area contributed by atoms with Gasteiger partial charge in [0.2, 0.25) is 0 Å². The fourth-order valence-electron chi connectivity index (χ4n) is 0.922.